The van der Waals surface area contributed by atoms with E-state index >= 15 is 0 Å². The molecule has 1 N–H and O–H groups in total. The third-order valence-electron chi connectivity index (χ3n) is 4.09. The number of hydrogen-bond acceptors (Lipinski definition) is 3. The van der Waals surface area contributed by atoms with Crippen LogP contribution in [0.3, 0.4) is 0 Å². The number of hydrogen-bond donors (Lipinski definition) is 1. The summed E-state index contributed by atoms with van der Waals surface area (Å²) in [6, 6.07) is 11.6. The molecule has 0 saturated heterocycles. The Balaban J connectivity index is 1.68. The minimum absolute atomic E-state index is 0.0530. The minimum Gasteiger partial charge on any atom is -0.497 e. The van der Waals surface area contributed by atoms with Crippen LogP contribution in [-0.2, 0) is 4.79 Å². The van der Waals surface area contributed by atoms with Crippen LogP contribution in [0.2, 0.25) is 0 Å². The zero-order chi connectivity index (χ0) is 16.4. The number of rotatable bonds is 5. The Morgan fingerprint density at radius 2 is 1.87 bits per heavy atom. The molecule has 1 fully saturated rings. The van der Waals surface area contributed by atoms with Gasteiger partial charge in [0, 0.05) is 12.0 Å². The Morgan fingerprint density at radius 3 is 2.52 bits per heavy atom. The van der Waals surface area contributed by atoms with Crippen LogP contribution >= 0.6 is 0 Å². The van der Waals surface area contributed by atoms with Gasteiger partial charge in [-0.3, -0.25) is 4.79 Å². The van der Waals surface area contributed by atoms with E-state index in [9.17, 15) is 9.18 Å². The van der Waals surface area contributed by atoms with Gasteiger partial charge in [-0.15, -0.1) is 0 Å². The molecule has 1 saturated carbocycles. The molecule has 23 heavy (non-hydrogen) atoms. The van der Waals surface area contributed by atoms with Crippen LogP contribution in [0, 0.1) is 11.7 Å². The number of carbonyl (C=O) groups excluding carboxylic acids is 1. The minimum atomic E-state index is -0.265. The van der Waals surface area contributed by atoms with E-state index in [1.54, 1.807) is 44.6 Å². The normalized spacial score (nSPS) is 19.1. The standard InChI is InChI=1S/C18H18FNO3/c1-22-13-7-8-16(17(9-13)23-2)20-18(21)15-10-14(15)11-3-5-12(19)6-4-11/h3-9,14-15H,10H2,1-2H3,(H,20,21). The first-order valence-corrected chi connectivity index (χ1v) is 7.40. The SMILES string of the molecule is COc1ccc(NC(=O)C2CC2c2ccc(F)cc2)c(OC)c1. The number of anilines is 1. The van der Waals surface area contributed by atoms with Crippen molar-refractivity contribution in [2.75, 3.05) is 19.5 Å². The number of amides is 1. The van der Waals surface area contributed by atoms with Gasteiger partial charge in [0.25, 0.3) is 0 Å². The van der Waals surface area contributed by atoms with Gasteiger partial charge >= 0.3 is 0 Å². The van der Waals surface area contributed by atoms with Crippen LogP contribution in [0.5, 0.6) is 11.5 Å². The second-order valence-corrected chi connectivity index (χ2v) is 5.56. The molecule has 120 valence electrons. The van der Waals surface area contributed by atoms with E-state index in [1.165, 1.54) is 12.1 Å². The summed E-state index contributed by atoms with van der Waals surface area (Å²) in [5, 5.41) is 2.89. The molecule has 1 aliphatic rings. The molecule has 4 nitrogen and oxygen atoms in total. The van der Waals surface area contributed by atoms with Gasteiger partial charge in [0.1, 0.15) is 17.3 Å². The number of benzene rings is 2. The van der Waals surface area contributed by atoms with Gasteiger partial charge in [-0.05, 0) is 42.2 Å². The molecular weight excluding hydrogens is 297 g/mol. The van der Waals surface area contributed by atoms with Crippen molar-refractivity contribution in [3.8, 4) is 11.5 Å². The molecule has 3 rings (SSSR count). The summed E-state index contributed by atoms with van der Waals surface area (Å²) in [4.78, 5) is 12.4. The van der Waals surface area contributed by atoms with Crippen molar-refractivity contribution in [1.82, 2.24) is 0 Å². The van der Waals surface area contributed by atoms with Crippen LogP contribution in [-0.4, -0.2) is 20.1 Å². The molecule has 2 unspecified atom stereocenters. The molecule has 2 aromatic carbocycles. The summed E-state index contributed by atoms with van der Waals surface area (Å²) in [6.07, 6.45) is 0.774. The zero-order valence-corrected chi connectivity index (χ0v) is 13.0. The maximum Gasteiger partial charge on any atom is 0.228 e. The Kier molecular flexibility index (Phi) is 4.19. The Bertz CT molecular complexity index is 715. The van der Waals surface area contributed by atoms with E-state index < -0.39 is 0 Å². The molecule has 0 radical (unpaired) electrons. The van der Waals surface area contributed by atoms with E-state index in [0.29, 0.717) is 17.2 Å². The van der Waals surface area contributed by atoms with E-state index in [0.717, 1.165) is 12.0 Å². The molecule has 1 amide bonds. The highest BCUT2D eigenvalue weighted by molar-refractivity contribution is 5.96. The molecule has 2 aromatic rings. The number of ether oxygens (including phenoxy) is 2. The zero-order valence-electron chi connectivity index (χ0n) is 13.0. The predicted octanol–water partition coefficient (Wildman–Crippen LogP) is 3.59. The fourth-order valence-corrected chi connectivity index (χ4v) is 2.69. The van der Waals surface area contributed by atoms with Crippen LogP contribution < -0.4 is 14.8 Å². The van der Waals surface area contributed by atoms with Gasteiger partial charge in [-0.1, -0.05) is 12.1 Å². The summed E-state index contributed by atoms with van der Waals surface area (Å²) < 4.78 is 23.4. The number of nitrogens with one attached hydrogen (secondary N) is 1. The van der Waals surface area contributed by atoms with Crippen LogP contribution in [0.25, 0.3) is 0 Å². The second-order valence-electron chi connectivity index (χ2n) is 5.56. The quantitative estimate of drug-likeness (QED) is 0.917. The van der Waals surface area contributed by atoms with Gasteiger partial charge < -0.3 is 14.8 Å². The van der Waals surface area contributed by atoms with Crippen molar-refractivity contribution >= 4 is 11.6 Å². The average molecular weight is 315 g/mol. The summed E-state index contributed by atoms with van der Waals surface area (Å²) in [7, 11) is 3.12. The van der Waals surface area contributed by atoms with Crippen molar-refractivity contribution in [2.24, 2.45) is 5.92 Å². The first-order valence-electron chi connectivity index (χ1n) is 7.40. The fourth-order valence-electron chi connectivity index (χ4n) is 2.69. The largest absolute Gasteiger partial charge is 0.497 e. The van der Waals surface area contributed by atoms with E-state index in [-0.39, 0.29) is 23.6 Å². The monoisotopic (exact) mass is 315 g/mol. The first-order chi connectivity index (χ1) is 11.1. The van der Waals surface area contributed by atoms with Gasteiger partial charge in [0.05, 0.1) is 19.9 Å². The lowest BCUT2D eigenvalue weighted by molar-refractivity contribution is -0.117. The van der Waals surface area contributed by atoms with Crippen molar-refractivity contribution in [1.29, 1.82) is 0 Å². The van der Waals surface area contributed by atoms with Crippen molar-refractivity contribution in [3.63, 3.8) is 0 Å². The van der Waals surface area contributed by atoms with Crippen molar-refractivity contribution in [3.05, 3.63) is 53.8 Å². The van der Waals surface area contributed by atoms with E-state index in [4.69, 9.17) is 9.47 Å². The topological polar surface area (TPSA) is 47.6 Å². The Labute approximate surface area is 134 Å². The van der Waals surface area contributed by atoms with Crippen LogP contribution in [0.15, 0.2) is 42.5 Å². The second kappa shape index (κ2) is 6.28. The third kappa shape index (κ3) is 3.28. The van der Waals surface area contributed by atoms with Gasteiger partial charge in [-0.2, -0.15) is 0 Å². The highest BCUT2D eigenvalue weighted by Crippen LogP contribution is 2.48. The molecule has 1 aliphatic carbocycles. The molecule has 2 atom stereocenters. The highest BCUT2D eigenvalue weighted by Gasteiger charge is 2.44. The lowest BCUT2D eigenvalue weighted by Crippen LogP contribution is -2.15. The van der Waals surface area contributed by atoms with Crippen molar-refractivity contribution < 1.29 is 18.7 Å². The van der Waals surface area contributed by atoms with E-state index in [1.807, 2.05) is 0 Å². The third-order valence-corrected chi connectivity index (χ3v) is 4.09. The lowest BCUT2D eigenvalue weighted by Gasteiger charge is -2.11. The molecule has 0 bridgehead atoms. The Hall–Kier alpha value is -2.56. The van der Waals surface area contributed by atoms with Gasteiger partial charge in [0.15, 0.2) is 0 Å². The molecule has 0 spiro atoms. The molecule has 0 aromatic heterocycles. The molecule has 5 heteroatoms. The highest BCUT2D eigenvalue weighted by atomic mass is 19.1. The van der Waals surface area contributed by atoms with E-state index in [2.05, 4.69) is 5.32 Å². The van der Waals surface area contributed by atoms with Gasteiger partial charge in [-0.25, -0.2) is 4.39 Å². The predicted molar refractivity (Wildman–Crippen MR) is 85.4 cm³/mol. The summed E-state index contributed by atoms with van der Waals surface area (Å²) >= 11 is 0. The average Bonchev–Trinajstić information content (AvgIpc) is 3.36. The molecule has 0 aliphatic heterocycles. The molecule has 0 heterocycles. The number of carbonyl (C=O) groups is 1. The number of methoxy groups -OCH3 is 2. The first kappa shape index (κ1) is 15.3. The summed E-state index contributed by atoms with van der Waals surface area (Å²) in [5.41, 5.74) is 1.61. The van der Waals surface area contributed by atoms with Crippen LogP contribution in [0.1, 0.15) is 17.9 Å². The smallest absolute Gasteiger partial charge is 0.228 e. The summed E-state index contributed by atoms with van der Waals surface area (Å²) in [6.45, 7) is 0. The summed E-state index contributed by atoms with van der Waals surface area (Å²) in [5.74, 6) is 0.959. The lowest BCUT2D eigenvalue weighted by atomic mass is 10.1. The van der Waals surface area contributed by atoms with Crippen molar-refractivity contribution in [2.45, 2.75) is 12.3 Å². The maximum absolute atomic E-state index is 13.0. The van der Waals surface area contributed by atoms with Gasteiger partial charge in [0.2, 0.25) is 5.91 Å². The fraction of sp³-hybridized carbons (Fsp3) is 0.278. The Morgan fingerprint density at radius 1 is 1.13 bits per heavy atom. The van der Waals surface area contributed by atoms with Crippen LogP contribution in [0.4, 0.5) is 10.1 Å². The number of halogens is 1. The molecular formula is C18H18FNO3. The maximum atomic E-state index is 13.0.